The van der Waals surface area contributed by atoms with Crippen LogP contribution >= 0.6 is 0 Å². The second kappa shape index (κ2) is 8.35. The van der Waals surface area contributed by atoms with E-state index in [4.69, 9.17) is 4.74 Å². The van der Waals surface area contributed by atoms with Crippen molar-refractivity contribution < 1.29 is 9.53 Å². The van der Waals surface area contributed by atoms with Gasteiger partial charge in [0, 0.05) is 6.54 Å². The second-order valence-electron chi connectivity index (χ2n) is 4.63. The third-order valence-electron chi connectivity index (χ3n) is 2.66. The molecule has 0 fully saturated rings. The zero-order chi connectivity index (χ0) is 14.1. The molecule has 0 spiro atoms. The summed E-state index contributed by atoms with van der Waals surface area (Å²) in [6.45, 7) is 7.15. The molecule has 1 aromatic rings. The fraction of sp³-hybridized carbons (Fsp3) is 0.438. The van der Waals surface area contributed by atoms with Gasteiger partial charge in [0.2, 0.25) is 5.91 Å². The molecule has 3 heteroatoms. The Morgan fingerprint density at radius 2 is 1.95 bits per heavy atom. The van der Waals surface area contributed by atoms with Crippen LogP contribution in [0, 0.1) is 13.8 Å². The highest BCUT2D eigenvalue weighted by Crippen LogP contribution is 2.16. The molecule has 0 saturated heterocycles. The highest BCUT2D eigenvalue weighted by atomic mass is 16.5. The first kappa shape index (κ1) is 15.3. The van der Waals surface area contributed by atoms with E-state index < -0.39 is 0 Å². The molecular formula is C16H23NO2. The lowest BCUT2D eigenvalue weighted by Gasteiger charge is -2.08. The van der Waals surface area contributed by atoms with Crippen LogP contribution in [0.2, 0.25) is 0 Å². The maximum absolute atomic E-state index is 11.5. The molecule has 1 amide bonds. The van der Waals surface area contributed by atoms with Gasteiger partial charge in [-0.25, -0.2) is 0 Å². The minimum absolute atomic E-state index is 0.0360. The lowest BCUT2D eigenvalue weighted by atomic mass is 10.1. The van der Waals surface area contributed by atoms with Crippen molar-refractivity contribution in [3.63, 3.8) is 0 Å². The van der Waals surface area contributed by atoms with Gasteiger partial charge >= 0.3 is 0 Å². The van der Waals surface area contributed by atoms with Crippen molar-refractivity contribution in [2.24, 2.45) is 0 Å². The number of nitrogens with one attached hydrogen (secondary N) is 1. The fourth-order valence-corrected chi connectivity index (χ4v) is 1.83. The summed E-state index contributed by atoms with van der Waals surface area (Å²) < 4.78 is 5.59. The highest BCUT2D eigenvalue weighted by molar-refractivity contribution is 5.75. The number of aryl methyl sites for hydroxylation is 2. The summed E-state index contributed by atoms with van der Waals surface area (Å²) >= 11 is 0. The Hall–Kier alpha value is -1.77. The number of rotatable bonds is 7. The Kier molecular flexibility index (Phi) is 6.72. The standard InChI is InChI=1S/C16H23NO2/c1-4-5-6-8-17-16(18)7-9-19-15-11-13(2)10-14(3)12-15/h4-5,10-12H,6-9H2,1-3H3,(H,17,18)/b5-4+. The van der Waals surface area contributed by atoms with E-state index in [-0.39, 0.29) is 5.91 Å². The average Bonchev–Trinajstić information content (AvgIpc) is 2.33. The molecule has 0 bridgehead atoms. The zero-order valence-corrected chi connectivity index (χ0v) is 12.0. The molecule has 1 rings (SSSR count). The zero-order valence-electron chi connectivity index (χ0n) is 12.0. The second-order valence-corrected chi connectivity index (χ2v) is 4.63. The summed E-state index contributed by atoms with van der Waals surface area (Å²) in [7, 11) is 0. The van der Waals surface area contributed by atoms with Gasteiger partial charge in [0.1, 0.15) is 5.75 Å². The monoisotopic (exact) mass is 261 g/mol. The van der Waals surface area contributed by atoms with Gasteiger partial charge in [0.25, 0.3) is 0 Å². The molecule has 0 aliphatic rings. The number of hydrogen-bond donors (Lipinski definition) is 1. The molecule has 0 radical (unpaired) electrons. The van der Waals surface area contributed by atoms with Gasteiger partial charge in [-0.15, -0.1) is 0 Å². The summed E-state index contributed by atoms with van der Waals surface area (Å²) in [4.78, 5) is 11.5. The topological polar surface area (TPSA) is 38.3 Å². The van der Waals surface area contributed by atoms with Gasteiger partial charge in [-0.1, -0.05) is 18.2 Å². The predicted molar refractivity (Wildman–Crippen MR) is 78.5 cm³/mol. The molecule has 0 aliphatic heterocycles. The third kappa shape index (κ3) is 6.65. The van der Waals surface area contributed by atoms with E-state index in [0.29, 0.717) is 19.6 Å². The molecule has 0 aliphatic carbocycles. The molecular weight excluding hydrogens is 238 g/mol. The Bertz CT molecular complexity index is 418. The van der Waals surface area contributed by atoms with Crippen molar-refractivity contribution >= 4 is 5.91 Å². The van der Waals surface area contributed by atoms with Crippen molar-refractivity contribution in [1.29, 1.82) is 0 Å². The smallest absolute Gasteiger partial charge is 0.223 e. The van der Waals surface area contributed by atoms with Crippen LogP contribution in [-0.2, 0) is 4.79 Å². The van der Waals surface area contributed by atoms with Crippen molar-refractivity contribution in [2.45, 2.75) is 33.6 Å². The Balaban J connectivity index is 2.24. The molecule has 0 saturated carbocycles. The summed E-state index contributed by atoms with van der Waals surface area (Å²) in [6.07, 6.45) is 5.28. The number of hydrogen-bond acceptors (Lipinski definition) is 2. The number of amides is 1. The molecule has 0 aromatic heterocycles. The largest absolute Gasteiger partial charge is 0.493 e. The van der Waals surface area contributed by atoms with Gasteiger partial charge in [-0.3, -0.25) is 4.79 Å². The van der Waals surface area contributed by atoms with Crippen LogP contribution in [0.4, 0.5) is 0 Å². The van der Waals surface area contributed by atoms with E-state index in [1.54, 1.807) is 0 Å². The van der Waals surface area contributed by atoms with Gasteiger partial charge in [-0.2, -0.15) is 0 Å². The van der Waals surface area contributed by atoms with E-state index >= 15 is 0 Å². The van der Waals surface area contributed by atoms with Crippen molar-refractivity contribution in [3.05, 3.63) is 41.5 Å². The van der Waals surface area contributed by atoms with Crippen LogP contribution < -0.4 is 10.1 Å². The van der Waals surface area contributed by atoms with E-state index in [0.717, 1.165) is 12.2 Å². The van der Waals surface area contributed by atoms with Gasteiger partial charge in [0.05, 0.1) is 13.0 Å². The van der Waals surface area contributed by atoms with Crippen LogP contribution in [0.25, 0.3) is 0 Å². The molecule has 3 nitrogen and oxygen atoms in total. The van der Waals surface area contributed by atoms with E-state index in [1.807, 2.05) is 45.1 Å². The van der Waals surface area contributed by atoms with Crippen LogP contribution in [0.15, 0.2) is 30.4 Å². The van der Waals surface area contributed by atoms with Crippen LogP contribution in [0.5, 0.6) is 5.75 Å². The summed E-state index contributed by atoms with van der Waals surface area (Å²) in [5.41, 5.74) is 2.34. The highest BCUT2D eigenvalue weighted by Gasteiger charge is 2.01. The van der Waals surface area contributed by atoms with E-state index in [1.165, 1.54) is 11.1 Å². The van der Waals surface area contributed by atoms with Gasteiger partial charge in [0.15, 0.2) is 0 Å². The third-order valence-corrected chi connectivity index (χ3v) is 2.66. The number of carbonyl (C=O) groups excluding carboxylic acids is 1. The van der Waals surface area contributed by atoms with Gasteiger partial charge in [-0.05, 0) is 50.5 Å². The molecule has 0 unspecified atom stereocenters. The lowest BCUT2D eigenvalue weighted by molar-refractivity contribution is -0.121. The molecule has 104 valence electrons. The van der Waals surface area contributed by atoms with Crippen molar-refractivity contribution in [3.8, 4) is 5.75 Å². The Morgan fingerprint density at radius 3 is 2.58 bits per heavy atom. The number of ether oxygens (including phenoxy) is 1. The van der Waals surface area contributed by atoms with Crippen LogP contribution in [-0.4, -0.2) is 19.1 Å². The summed E-state index contributed by atoms with van der Waals surface area (Å²) in [6, 6.07) is 6.06. The molecule has 1 aromatic carbocycles. The Labute approximate surface area is 115 Å². The normalized spacial score (nSPS) is 10.7. The maximum Gasteiger partial charge on any atom is 0.223 e. The summed E-state index contributed by atoms with van der Waals surface area (Å²) in [5, 5.41) is 2.86. The van der Waals surface area contributed by atoms with Crippen LogP contribution in [0.3, 0.4) is 0 Å². The SMILES string of the molecule is C/C=C/CCNC(=O)CCOc1cc(C)cc(C)c1. The molecule has 19 heavy (non-hydrogen) atoms. The predicted octanol–water partition coefficient (Wildman–Crippen LogP) is 3.15. The quantitative estimate of drug-likeness (QED) is 0.605. The van der Waals surface area contributed by atoms with Crippen molar-refractivity contribution in [1.82, 2.24) is 5.32 Å². The minimum atomic E-state index is 0.0360. The number of allylic oxidation sites excluding steroid dienone is 1. The molecule has 0 atom stereocenters. The minimum Gasteiger partial charge on any atom is -0.493 e. The fourth-order valence-electron chi connectivity index (χ4n) is 1.83. The maximum atomic E-state index is 11.5. The van der Waals surface area contributed by atoms with Gasteiger partial charge < -0.3 is 10.1 Å². The van der Waals surface area contributed by atoms with Crippen LogP contribution in [0.1, 0.15) is 30.9 Å². The molecule has 0 heterocycles. The van der Waals surface area contributed by atoms with E-state index in [2.05, 4.69) is 11.4 Å². The first-order valence-electron chi connectivity index (χ1n) is 6.71. The number of benzene rings is 1. The first-order valence-corrected chi connectivity index (χ1v) is 6.71. The Morgan fingerprint density at radius 1 is 1.26 bits per heavy atom. The van der Waals surface area contributed by atoms with Crippen molar-refractivity contribution in [2.75, 3.05) is 13.2 Å². The number of carbonyl (C=O) groups is 1. The molecule has 1 N–H and O–H groups in total. The summed E-state index contributed by atoms with van der Waals surface area (Å²) in [5.74, 6) is 0.869. The van der Waals surface area contributed by atoms with E-state index in [9.17, 15) is 4.79 Å². The average molecular weight is 261 g/mol. The lowest BCUT2D eigenvalue weighted by Crippen LogP contribution is -2.25. The first-order chi connectivity index (χ1) is 9.11.